The molecule has 34 heteroatoms. The molecule has 4 aliphatic heterocycles. The van der Waals surface area contributed by atoms with Crippen LogP contribution in [-0.4, -0.2) is 291 Å². The van der Waals surface area contributed by atoms with Crippen LogP contribution in [0.15, 0.2) is 53.5 Å². The van der Waals surface area contributed by atoms with Crippen molar-refractivity contribution in [1.82, 2.24) is 61.3 Å². The first-order chi connectivity index (χ1) is 48.4. The highest BCUT2D eigenvalue weighted by atomic mass is 32.2. The number of carboxylic acid groups (broad SMARTS) is 4. The van der Waals surface area contributed by atoms with Gasteiger partial charge in [0.05, 0.1) is 32.1 Å². The third-order valence-corrected chi connectivity index (χ3v) is 20.8. The summed E-state index contributed by atoms with van der Waals surface area (Å²) in [6.07, 6.45) is 3.50. The lowest BCUT2D eigenvalue weighted by molar-refractivity contribution is -0.147. The molecule has 0 aliphatic carbocycles. The number of thioether (sulfide) groups is 3. The van der Waals surface area contributed by atoms with Gasteiger partial charge in [0, 0.05) is 132 Å². The average molecular weight is 1470 g/mol. The molecule has 556 valence electrons. The summed E-state index contributed by atoms with van der Waals surface area (Å²) < 4.78 is 0. The third-order valence-electron chi connectivity index (χ3n) is 17.5. The summed E-state index contributed by atoms with van der Waals surface area (Å²) in [7, 11) is 0. The van der Waals surface area contributed by atoms with Crippen molar-refractivity contribution < 1.29 is 82.8 Å². The fourth-order valence-electron chi connectivity index (χ4n) is 12.2. The Bertz CT molecular complexity index is 3180. The summed E-state index contributed by atoms with van der Waals surface area (Å²) >= 11 is 4.12. The van der Waals surface area contributed by atoms with E-state index in [4.69, 9.17) is 5.73 Å². The second-order valence-electron chi connectivity index (χ2n) is 25.4. The lowest BCUT2D eigenvalue weighted by atomic mass is 10.0. The largest absolute Gasteiger partial charge is 0.480 e. The molecule has 0 spiro atoms. The molecule has 7 atom stereocenters. The van der Waals surface area contributed by atoms with Crippen LogP contribution in [0.1, 0.15) is 93.9 Å². The number of benzene rings is 2. The van der Waals surface area contributed by atoms with Crippen molar-refractivity contribution in [2.75, 3.05) is 122 Å². The highest BCUT2D eigenvalue weighted by Crippen LogP contribution is 2.29. The molecule has 2 aromatic carbocycles. The Labute approximate surface area is 600 Å². The molecule has 101 heavy (non-hydrogen) atoms. The molecule has 6 rings (SSSR count). The van der Waals surface area contributed by atoms with Crippen molar-refractivity contribution in [1.29, 1.82) is 0 Å². The van der Waals surface area contributed by atoms with E-state index >= 15 is 0 Å². The molecule has 4 heterocycles. The third kappa shape index (κ3) is 28.8. The predicted octanol–water partition coefficient (Wildman–Crippen LogP) is 0.112. The van der Waals surface area contributed by atoms with Gasteiger partial charge in [-0.2, -0.15) is 35.3 Å². The fourth-order valence-corrected chi connectivity index (χ4v) is 14.9. The quantitative estimate of drug-likeness (QED) is 0.0491. The van der Waals surface area contributed by atoms with Gasteiger partial charge >= 0.3 is 29.9 Å². The van der Waals surface area contributed by atoms with Gasteiger partial charge in [-0.25, -0.2) is 14.6 Å². The minimum Gasteiger partial charge on any atom is -0.480 e. The van der Waals surface area contributed by atoms with Crippen molar-refractivity contribution >= 4 is 119 Å². The van der Waals surface area contributed by atoms with Gasteiger partial charge in [0.15, 0.2) is 0 Å². The maximum Gasteiger partial charge on any atom is 0.340 e. The lowest BCUT2D eigenvalue weighted by Crippen LogP contribution is -2.59. The van der Waals surface area contributed by atoms with E-state index in [0.717, 1.165) is 23.1 Å². The number of amides is 10. The van der Waals surface area contributed by atoms with Crippen LogP contribution >= 0.6 is 35.3 Å². The topological polar surface area (TPSA) is 433 Å². The van der Waals surface area contributed by atoms with Crippen LogP contribution in [0.25, 0.3) is 0 Å². The van der Waals surface area contributed by atoms with Gasteiger partial charge in [-0.05, 0) is 67.2 Å². The Balaban J connectivity index is 1.26. The van der Waals surface area contributed by atoms with Gasteiger partial charge in [-0.1, -0.05) is 68.8 Å². The van der Waals surface area contributed by atoms with Crippen LogP contribution in [-0.2, 0) is 81.2 Å². The van der Waals surface area contributed by atoms with Crippen molar-refractivity contribution in [3.8, 4) is 0 Å². The van der Waals surface area contributed by atoms with E-state index in [2.05, 4.69) is 36.9 Å². The van der Waals surface area contributed by atoms with E-state index in [0.29, 0.717) is 55.1 Å². The zero-order valence-electron chi connectivity index (χ0n) is 57.4. The Kier molecular flexibility index (Phi) is 35.1. The van der Waals surface area contributed by atoms with E-state index in [-0.39, 0.29) is 153 Å². The molecule has 2 bridgehead atoms. The van der Waals surface area contributed by atoms with E-state index < -0.39 is 113 Å². The zero-order chi connectivity index (χ0) is 73.4. The van der Waals surface area contributed by atoms with E-state index in [1.54, 1.807) is 52.0 Å². The van der Waals surface area contributed by atoms with Crippen molar-refractivity contribution in [3.63, 3.8) is 0 Å². The predicted molar refractivity (Wildman–Crippen MR) is 381 cm³/mol. The van der Waals surface area contributed by atoms with Crippen molar-refractivity contribution in [2.24, 2.45) is 16.6 Å². The van der Waals surface area contributed by atoms with Gasteiger partial charge < -0.3 is 67.9 Å². The maximum atomic E-state index is 14.9. The monoisotopic (exact) mass is 1470 g/mol. The number of rotatable bonds is 24. The number of unbranched alkanes of at least 4 members (excludes halogenated alkanes) is 1. The maximum absolute atomic E-state index is 14.9. The lowest BCUT2D eigenvalue weighted by Gasteiger charge is -2.32. The first-order valence-corrected chi connectivity index (χ1v) is 37.7. The standard InChI is InChI=1S/C67H98N14O17S3/c1-3-5-17-70-67(98)71-34-48-42-100-40-46-30-45(39-99-29-18-69-56(83)35-76-21-23-77(36-57(84)85)25-27-79(38-59(88)89)28-26-78(24-22-76)37-58(86)87)31-47(32-46)41-101-43-52(66(96)97)75-62(92)51(33-44-11-7-6-8-12-44)74-61(91)50(15-16-55(68)82)73-60(90)49(4-2)72-63(93)53-13-9-19-80(53)65(95)54-14-10-20-81(54)64(48)94/h6-8,11-12,30-32,34,48-54H,3-5,9-10,13-29,33,35-43H2,1-2H3,(H2,68,82)(H,69,83)(H,70,98)(H,72,93)(H,73,90)(H,74,91)(H,75,92)(H,84,85)(H,86,87)(H,88,89)(H,96,97)/t48?,49-,50-,51-,52-,53-,54-/m0/s1. The van der Waals surface area contributed by atoms with Crippen LogP contribution in [0, 0.1) is 5.92 Å². The SMILES string of the molecule is CCCCNC(=O)N=CC1CSCc2cc(CSCCNC(=O)CN3CCN(CC(=O)O)CCN(CC(=O)O)CCN(CC(=O)O)CC3)cc(c2)CSC[C@@H](C(=O)O)NC(=O)[C@H](Cc2ccccc2)NC(=O)[C@H](CCC(N)=O)NC(=O)[C@H](CC)NC(=O)[C@@H]2CCCN2C(=O)[C@@H]2CCCN2C1=O. The first kappa shape index (κ1) is 82.1. The number of nitrogens with zero attached hydrogens (tertiary/aromatic N) is 7. The molecular weight excluding hydrogens is 1370 g/mol. The molecule has 1 unspecified atom stereocenters. The highest BCUT2D eigenvalue weighted by molar-refractivity contribution is 7.99. The molecule has 0 radical (unpaired) electrons. The second kappa shape index (κ2) is 43.2. The number of aliphatic carboxylic acids is 4. The molecule has 31 nitrogen and oxygen atoms in total. The highest BCUT2D eigenvalue weighted by Gasteiger charge is 2.44. The summed E-state index contributed by atoms with van der Waals surface area (Å²) in [5, 5.41) is 55.8. The average Bonchev–Trinajstić information content (AvgIpc) is 1.68. The molecule has 4 aliphatic rings. The number of primary amides is 1. The summed E-state index contributed by atoms with van der Waals surface area (Å²) in [6, 6.07) is 6.27. The molecule has 3 fully saturated rings. The number of fused-ring (bicyclic) bond motifs is 4. The van der Waals surface area contributed by atoms with E-state index in [1.165, 1.54) is 51.3 Å². The van der Waals surface area contributed by atoms with Crippen LogP contribution in [0.4, 0.5) is 4.79 Å². The zero-order valence-corrected chi connectivity index (χ0v) is 59.8. The van der Waals surface area contributed by atoms with Crippen LogP contribution in [0.3, 0.4) is 0 Å². The molecule has 12 N–H and O–H groups in total. The fraction of sp³-hybridized carbons (Fsp3) is 0.612. The number of carbonyl (C=O) groups excluding carboxylic acids is 9. The van der Waals surface area contributed by atoms with Crippen LogP contribution < -0.4 is 37.6 Å². The van der Waals surface area contributed by atoms with E-state index in [9.17, 15) is 82.8 Å². The van der Waals surface area contributed by atoms with Crippen molar-refractivity contribution in [3.05, 3.63) is 70.8 Å². The number of hydrogen-bond donors (Lipinski definition) is 11. The Morgan fingerprint density at radius 3 is 1.68 bits per heavy atom. The van der Waals surface area contributed by atoms with Crippen molar-refractivity contribution in [2.45, 2.75) is 132 Å². The number of hydrogen-bond acceptors (Lipinski definition) is 20. The number of nitrogens with two attached hydrogens (primary N) is 1. The van der Waals surface area contributed by atoms with Gasteiger partial charge in [-0.3, -0.25) is 72.3 Å². The minimum atomic E-state index is -1.48. The van der Waals surface area contributed by atoms with Gasteiger partial charge in [0.25, 0.3) is 0 Å². The normalized spacial score (nSPS) is 23.1. The molecule has 0 saturated carbocycles. The second-order valence-corrected chi connectivity index (χ2v) is 28.6. The summed E-state index contributed by atoms with van der Waals surface area (Å²) in [5.41, 5.74) is 8.58. The van der Waals surface area contributed by atoms with Gasteiger partial charge in [-0.15, -0.1) is 0 Å². The van der Waals surface area contributed by atoms with E-state index in [1.807, 2.05) is 30.0 Å². The van der Waals surface area contributed by atoms with Crippen LogP contribution in [0.2, 0.25) is 0 Å². The number of urea groups is 1. The molecule has 2 aromatic rings. The number of aliphatic imine (C=N–C) groups is 1. The first-order valence-electron chi connectivity index (χ1n) is 34.3. The summed E-state index contributed by atoms with van der Waals surface area (Å²) in [6.45, 7) is 5.51. The Morgan fingerprint density at radius 2 is 1.13 bits per heavy atom. The van der Waals surface area contributed by atoms with Gasteiger partial charge in [0.2, 0.25) is 47.3 Å². The van der Waals surface area contributed by atoms with Crippen LogP contribution in [0.5, 0.6) is 0 Å². The molecule has 0 aromatic heterocycles. The summed E-state index contributed by atoms with van der Waals surface area (Å²) in [5.74, 6) is -9.32. The molecule has 3 saturated heterocycles. The van der Waals surface area contributed by atoms with Gasteiger partial charge in [0.1, 0.15) is 36.3 Å². The molecular formula is C67H98N14O17S3. The number of carbonyl (C=O) groups is 13. The summed E-state index contributed by atoms with van der Waals surface area (Å²) in [4.78, 5) is 188. The Hall–Kier alpha value is -7.89. The smallest absolute Gasteiger partial charge is 0.340 e. The molecule has 10 amide bonds. The Morgan fingerprint density at radius 1 is 0.604 bits per heavy atom. The minimum absolute atomic E-state index is 0.0285. The number of nitrogens with one attached hydrogen (secondary N) is 6. The number of carboxylic acids is 4.